The fraction of sp³-hybridized carbons (Fsp3) is 0.205. The van der Waals surface area contributed by atoms with Crippen LogP contribution in [-0.2, 0) is 6.61 Å². The molecular weight excluding hydrogens is 654 g/mol. The third-order valence-corrected chi connectivity index (χ3v) is 8.56. The number of methoxy groups -OCH3 is 1. The molecule has 0 saturated carbocycles. The van der Waals surface area contributed by atoms with Gasteiger partial charge in [0.2, 0.25) is 0 Å². The van der Waals surface area contributed by atoms with E-state index < -0.39 is 0 Å². The molecule has 0 unspecified atom stereocenters. The minimum Gasteiger partial charge on any atom is -0.494 e. The van der Waals surface area contributed by atoms with E-state index >= 15 is 0 Å². The van der Waals surface area contributed by atoms with Crippen LogP contribution in [-0.4, -0.2) is 29.6 Å². The van der Waals surface area contributed by atoms with E-state index in [1.165, 1.54) is 4.68 Å². The number of hydrogen-bond donors (Lipinski definition) is 0. The van der Waals surface area contributed by atoms with Crippen molar-refractivity contribution in [3.63, 3.8) is 0 Å². The number of benzene rings is 5. The highest BCUT2D eigenvalue weighted by Crippen LogP contribution is 2.36. The average Bonchev–Trinajstić information content (AvgIpc) is 3.07. The van der Waals surface area contributed by atoms with Crippen LogP contribution in [0.3, 0.4) is 0 Å². The summed E-state index contributed by atoms with van der Waals surface area (Å²) >= 11 is 3.60. The van der Waals surface area contributed by atoms with Crippen molar-refractivity contribution in [3.8, 4) is 28.6 Å². The molecular formula is C39H36BrN3O4. The van der Waals surface area contributed by atoms with E-state index in [2.05, 4.69) is 60.1 Å². The molecule has 0 radical (unpaired) electrons. The van der Waals surface area contributed by atoms with Crippen molar-refractivity contribution < 1.29 is 14.2 Å². The minimum absolute atomic E-state index is 0.190. The number of fused-ring (bicyclic) bond motifs is 2. The van der Waals surface area contributed by atoms with Crippen LogP contribution in [0.5, 0.6) is 17.2 Å². The van der Waals surface area contributed by atoms with Crippen LogP contribution in [0.1, 0.15) is 48.9 Å². The SMILES string of the molecule is CCOc1cc(C)c(-c2nc3ccccc3c(=O)n2N=Cc2cc(Br)cc(OC)c2OCc2cccc3ccccc23)cc1C(C)C. The summed E-state index contributed by atoms with van der Waals surface area (Å²) in [7, 11) is 1.60. The van der Waals surface area contributed by atoms with Crippen LogP contribution in [0.4, 0.5) is 0 Å². The second-order valence-corrected chi connectivity index (χ2v) is 12.5. The zero-order valence-corrected chi connectivity index (χ0v) is 28.7. The highest BCUT2D eigenvalue weighted by Gasteiger charge is 2.19. The van der Waals surface area contributed by atoms with Crippen molar-refractivity contribution in [1.82, 2.24) is 9.66 Å². The Hall–Kier alpha value is -4.95. The lowest BCUT2D eigenvalue weighted by Crippen LogP contribution is -2.21. The van der Waals surface area contributed by atoms with Crippen molar-refractivity contribution in [3.05, 3.63) is 128 Å². The second kappa shape index (κ2) is 13.8. The molecule has 0 saturated heterocycles. The molecule has 1 aromatic heterocycles. The topological polar surface area (TPSA) is 74.9 Å². The Labute approximate surface area is 282 Å². The first kappa shape index (κ1) is 32.0. The quantitative estimate of drug-likeness (QED) is 0.134. The van der Waals surface area contributed by atoms with Gasteiger partial charge in [-0.25, -0.2) is 4.98 Å². The van der Waals surface area contributed by atoms with E-state index in [1.54, 1.807) is 19.4 Å². The van der Waals surface area contributed by atoms with Crippen molar-refractivity contribution in [2.24, 2.45) is 5.10 Å². The molecule has 6 aromatic rings. The number of rotatable bonds is 10. The Bertz CT molecular complexity index is 2180. The fourth-order valence-electron chi connectivity index (χ4n) is 5.75. The van der Waals surface area contributed by atoms with Crippen LogP contribution in [0.2, 0.25) is 0 Å². The van der Waals surface area contributed by atoms with E-state index in [-0.39, 0.29) is 11.5 Å². The van der Waals surface area contributed by atoms with Gasteiger partial charge < -0.3 is 14.2 Å². The van der Waals surface area contributed by atoms with Crippen LogP contribution >= 0.6 is 15.9 Å². The highest BCUT2D eigenvalue weighted by molar-refractivity contribution is 9.10. The summed E-state index contributed by atoms with van der Waals surface area (Å²) in [6, 6.07) is 29.5. The molecule has 0 aliphatic rings. The maximum absolute atomic E-state index is 14.1. The van der Waals surface area contributed by atoms with Crippen molar-refractivity contribution in [1.29, 1.82) is 0 Å². The van der Waals surface area contributed by atoms with Crippen LogP contribution < -0.4 is 19.8 Å². The van der Waals surface area contributed by atoms with E-state index in [4.69, 9.17) is 24.3 Å². The lowest BCUT2D eigenvalue weighted by Gasteiger charge is -2.18. The molecule has 7 nitrogen and oxygen atoms in total. The first-order valence-corrected chi connectivity index (χ1v) is 16.4. The second-order valence-electron chi connectivity index (χ2n) is 11.6. The van der Waals surface area contributed by atoms with Gasteiger partial charge in [-0.15, -0.1) is 0 Å². The molecule has 0 amide bonds. The molecule has 0 fully saturated rings. The normalized spacial score (nSPS) is 11.6. The van der Waals surface area contributed by atoms with Crippen molar-refractivity contribution in [2.75, 3.05) is 13.7 Å². The molecule has 8 heteroatoms. The van der Waals surface area contributed by atoms with Gasteiger partial charge in [-0.1, -0.05) is 84.4 Å². The van der Waals surface area contributed by atoms with Gasteiger partial charge in [0, 0.05) is 15.6 Å². The summed E-state index contributed by atoms with van der Waals surface area (Å²) < 4.78 is 20.3. The number of nitrogens with zero attached hydrogens (tertiary/aromatic N) is 3. The lowest BCUT2D eigenvalue weighted by atomic mass is 9.96. The van der Waals surface area contributed by atoms with Gasteiger partial charge in [0.25, 0.3) is 5.56 Å². The number of ether oxygens (including phenoxy) is 3. The van der Waals surface area contributed by atoms with Gasteiger partial charge in [0.15, 0.2) is 17.3 Å². The Morgan fingerprint density at radius 2 is 1.66 bits per heavy atom. The lowest BCUT2D eigenvalue weighted by molar-refractivity contribution is 0.285. The Balaban J connectivity index is 1.49. The maximum atomic E-state index is 14.1. The van der Waals surface area contributed by atoms with Crippen molar-refractivity contribution in [2.45, 2.75) is 40.2 Å². The van der Waals surface area contributed by atoms with Crippen LogP contribution in [0, 0.1) is 6.92 Å². The van der Waals surface area contributed by atoms with E-state index in [0.717, 1.165) is 43.2 Å². The monoisotopic (exact) mass is 689 g/mol. The number of halogens is 1. The molecule has 0 aliphatic carbocycles. The van der Waals surface area contributed by atoms with Gasteiger partial charge in [-0.2, -0.15) is 9.78 Å². The molecule has 0 N–H and O–H groups in total. The smallest absolute Gasteiger partial charge is 0.282 e. The fourth-order valence-corrected chi connectivity index (χ4v) is 6.21. The van der Waals surface area contributed by atoms with Crippen LogP contribution in [0.15, 0.2) is 105 Å². The summed E-state index contributed by atoms with van der Waals surface area (Å²) in [5.41, 5.74) is 4.76. The van der Waals surface area contributed by atoms with Gasteiger partial charge in [0.1, 0.15) is 12.4 Å². The predicted octanol–water partition coefficient (Wildman–Crippen LogP) is 9.28. The summed E-state index contributed by atoms with van der Waals surface area (Å²) in [4.78, 5) is 19.1. The zero-order chi connectivity index (χ0) is 33.1. The predicted molar refractivity (Wildman–Crippen MR) is 193 cm³/mol. The molecule has 6 rings (SSSR count). The molecule has 1 heterocycles. The molecule has 0 aliphatic heterocycles. The summed E-state index contributed by atoms with van der Waals surface area (Å²) in [5.74, 6) is 2.50. The summed E-state index contributed by atoms with van der Waals surface area (Å²) in [5, 5.41) is 7.52. The van der Waals surface area contributed by atoms with E-state index in [1.807, 2.05) is 68.4 Å². The molecule has 0 spiro atoms. The molecule has 47 heavy (non-hydrogen) atoms. The van der Waals surface area contributed by atoms with Gasteiger partial charge >= 0.3 is 0 Å². The Morgan fingerprint density at radius 3 is 2.43 bits per heavy atom. The number of hydrogen-bond acceptors (Lipinski definition) is 6. The molecule has 0 atom stereocenters. The summed E-state index contributed by atoms with van der Waals surface area (Å²) in [6.07, 6.45) is 1.63. The van der Waals surface area contributed by atoms with Gasteiger partial charge in [-0.3, -0.25) is 4.79 Å². The van der Waals surface area contributed by atoms with Gasteiger partial charge in [-0.05, 0) is 83.6 Å². The highest BCUT2D eigenvalue weighted by atomic mass is 79.9. The number of para-hydroxylation sites is 1. The van der Waals surface area contributed by atoms with E-state index in [0.29, 0.717) is 47.0 Å². The zero-order valence-electron chi connectivity index (χ0n) is 27.1. The maximum Gasteiger partial charge on any atom is 0.282 e. The minimum atomic E-state index is -0.276. The first-order valence-electron chi connectivity index (χ1n) is 15.6. The van der Waals surface area contributed by atoms with Gasteiger partial charge in [0.05, 0.1) is 30.8 Å². The standard InChI is InChI=1S/C39H36BrN3O4/c1-6-46-35-18-25(4)33(21-32(35)24(2)3)38-42-34-17-10-9-16-31(34)39(44)43(38)41-22-28-19-29(40)20-36(45-5)37(28)47-23-27-14-11-13-26-12-7-8-15-30(26)27/h7-22,24H,6,23H2,1-5H3. The van der Waals surface area contributed by atoms with Crippen molar-refractivity contribution >= 4 is 43.8 Å². The Morgan fingerprint density at radius 1 is 0.915 bits per heavy atom. The molecule has 0 bridgehead atoms. The average molecular weight is 691 g/mol. The first-order chi connectivity index (χ1) is 22.8. The number of aryl methyl sites for hydroxylation is 1. The summed E-state index contributed by atoms with van der Waals surface area (Å²) in [6.45, 7) is 9.08. The molecule has 238 valence electrons. The molecule has 5 aromatic carbocycles. The Kier molecular flexibility index (Phi) is 9.41. The largest absolute Gasteiger partial charge is 0.494 e. The number of aromatic nitrogens is 2. The third-order valence-electron chi connectivity index (χ3n) is 8.11. The van der Waals surface area contributed by atoms with Crippen LogP contribution in [0.25, 0.3) is 33.1 Å². The third kappa shape index (κ3) is 6.51. The van der Waals surface area contributed by atoms with E-state index in [9.17, 15) is 4.79 Å².